The molecule has 0 spiro atoms. The van der Waals surface area contributed by atoms with Crippen LogP contribution in [0.1, 0.15) is 128 Å². The van der Waals surface area contributed by atoms with E-state index < -0.39 is 35.5 Å². The van der Waals surface area contributed by atoms with Gasteiger partial charge in [0.05, 0.1) is 35.9 Å². The molecule has 0 radical (unpaired) electrons. The Morgan fingerprint density at radius 2 is 0.900 bits per heavy atom. The third kappa shape index (κ3) is 11.0. The van der Waals surface area contributed by atoms with Crippen LogP contribution in [0.15, 0.2) is 122 Å². The minimum Gasteiger partial charge on any atom is -0.444 e. The summed E-state index contributed by atoms with van der Waals surface area (Å²) in [6, 6.07) is 33.2. The molecule has 8 rings (SSSR count). The summed E-state index contributed by atoms with van der Waals surface area (Å²) in [4.78, 5) is 79.5. The molecule has 4 atom stereocenters. The number of likely N-dealkylation sites (tertiary alicyclic amines) is 2. The molecule has 0 saturated carbocycles. The summed E-state index contributed by atoms with van der Waals surface area (Å²) in [5, 5.41) is 0. The van der Waals surface area contributed by atoms with Crippen LogP contribution in [0.3, 0.4) is 0 Å². The fourth-order valence-corrected chi connectivity index (χ4v) is 9.59. The molecular formula is C56H66N8O6. The van der Waals surface area contributed by atoms with Crippen molar-refractivity contribution in [3.63, 3.8) is 0 Å². The van der Waals surface area contributed by atoms with E-state index >= 15 is 0 Å². The predicted octanol–water partition coefficient (Wildman–Crippen LogP) is 11.5. The van der Waals surface area contributed by atoms with E-state index in [0.29, 0.717) is 37.8 Å². The Balaban J connectivity index is 0.944. The molecule has 4 heterocycles. The van der Waals surface area contributed by atoms with Gasteiger partial charge in [-0.25, -0.2) is 19.6 Å². The van der Waals surface area contributed by atoms with Crippen LogP contribution >= 0.6 is 0 Å². The highest BCUT2D eigenvalue weighted by Gasteiger charge is 2.42. The summed E-state index contributed by atoms with van der Waals surface area (Å²) in [6.45, 7) is 16.4. The molecule has 4 aromatic carbocycles. The second-order valence-electron chi connectivity index (χ2n) is 20.1. The third-order valence-corrected chi connectivity index (χ3v) is 12.9. The summed E-state index contributed by atoms with van der Waals surface area (Å²) < 4.78 is 11.5. The van der Waals surface area contributed by atoms with E-state index in [4.69, 9.17) is 19.4 Å². The molecular weight excluding hydrogens is 881 g/mol. The van der Waals surface area contributed by atoms with Gasteiger partial charge in [0.1, 0.15) is 34.9 Å². The van der Waals surface area contributed by atoms with Crippen molar-refractivity contribution in [2.45, 2.75) is 116 Å². The maximum absolute atomic E-state index is 14.6. The lowest BCUT2D eigenvalue weighted by Crippen LogP contribution is -2.47. The largest absolute Gasteiger partial charge is 0.444 e. The highest BCUT2D eigenvalue weighted by Crippen LogP contribution is 2.38. The number of likely N-dealkylation sites (N-methyl/N-ethyl adjacent to an activating group) is 2. The van der Waals surface area contributed by atoms with Gasteiger partial charge in [0, 0.05) is 26.2 Å². The first-order valence-electron chi connectivity index (χ1n) is 24.5. The van der Waals surface area contributed by atoms with Crippen LogP contribution in [0.4, 0.5) is 9.59 Å². The Morgan fingerprint density at radius 3 is 1.23 bits per heavy atom. The Labute approximate surface area is 411 Å². The summed E-state index contributed by atoms with van der Waals surface area (Å²) >= 11 is 0. The third-order valence-electron chi connectivity index (χ3n) is 12.9. The van der Waals surface area contributed by atoms with Crippen molar-refractivity contribution in [3.05, 3.63) is 144 Å². The number of carbonyl (C=O) groups excluding carboxylic acids is 4. The zero-order valence-corrected chi connectivity index (χ0v) is 41.6. The molecule has 6 aromatic rings. The van der Waals surface area contributed by atoms with Crippen LogP contribution in [0, 0.1) is 0 Å². The van der Waals surface area contributed by atoms with Gasteiger partial charge in [0.2, 0.25) is 0 Å². The number of amides is 4. The molecule has 4 amide bonds. The van der Waals surface area contributed by atoms with Crippen molar-refractivity contribution in [1.82, 2.24) is 39.5 Å². The van der Waals surface area contributed by atoms with E-state index in [2.05, 4.69) is 58.5 Å². The molecule has 2 N–H and O–H groups in total. The lowest BCUT2D eigenvalue weighted by molar-refractivity contribution is -0.139. The minimum atomic E-state index is -0.847. The maximum Gasteiger partial charge on any atom is 0.411 e. The quantitative estimate of drug-likeness (QED) is 0.116. The molecule has 2 saturated heterocycles. The Hall–Kier alpha value is -7.22. The monoisotopic (exact) mass is 947 g/mol. The normalized spacial score (nSPS) is 17.0. The summed E-state index contributed by atoms with van der Waals surface area (Å²) in [5.74, 6) is 1.09. The molecule has 2 aliphatic heterocycles. The van der Waals surface area contributed by atoms with Crippen LogP contribution in [-0.2, 0) is 19.1 Å². The number of H-pyrrole nitrogens is 2. The smallest absolute Gasteiger partial charge is 0.411 e. The predicted molar refractivity (Wildman–Crippen MR) is 270 cm³/mol. The van der Waals surface area contributed by atoms with Crippen LogP contribution in [0.2, 0.25) is 0 Å². The van der Waals surface area contributed by atoms with Gasteiger partial charge in [0.25, 0.3) is 11.8 Å². The number of hydrogen-bond donors (Lipinski definition) is 2. The van der Waals surface area contributed by atoms with Crippen LogP contribution in [0.5, 0.6) is 0 Å². The lowest BCUT2D eigenvalue weighted by atomic mass is 10.0. The maximum atomic E-state index is 14.6. The van der Waals surface area contributed by atoms with Crippen LogP contribution < -0.4 is 0 Å². The van der Waals surface area contributed by atoms with Gasteiger partial charge in [-0.3, -0.25) is 19.4 Å². The Kier molecular flexibility index (Phi) is 14.6. The van der Waals surface area contributed by atoms with Crippen LogP contribution in [0.25, 0.3) is 33.6 Å². The number of ether oxygens (including phenoxy) is 2. The van der Waals surface area contributed by atoms with Crippen LogP contribution in [-0.4, -0.2) is 101 Å². The van der Waals surface area contributed by atoms with Crippen molar-refractivity contribution >= 4 is 24.0 Å². The van der Waals surface area contributed by atoms with Gasteiger partial charge in [-0.2, -0.15) is 0 Å². The molecule has 2 aromatic heterocycles. The van der Waals surface area contributed by atoms with E-state index in [1.54, 1.807) is 0 Å². The Morgan fingerprint density at radius 1 is 0.557 bits per heavy atom. The number of aromatic nitrogens is 4. The first-order chi connectivity index (χ1) is 33.5. The van der Waals surface area contributed by atoms with Gasteiger partial charge in [-0.15, -0.1) is 0 Å². The molecule has 14 heteroatoms. The number of hydrogen-bond acceptors (Lipinski definition) is 8. The number of aromatic amines is 2. The average Bonchev–Trinajstić information content (AvgIpc) is 4.19. The summed E-state index contributed by atoms with van der Waals surface area (Å²) in [5.41, 5.74) is 5.75. The highest BCUT2D eigenvalue weighted by molar-refractivity contribution is 5.88. The second-order valence-corrected chi connectivity index (χ2v) is 20.1. The lowest BCUT2D eigenvalue weighted by Gasteiger charge is -2.35. The van der Waals surface area contributed by atoms with Gasteiger partial charge >= 0.3 is 12.2 Å². The van der Waals surface area contributed by atoms with E-state index in [0.717, 1.165) is 70.5 Å². The fraction of sp³-hybridized carbons (Fsp3) is 0.393. The van der Waals surface area contributed by atoms with Gasteiger partial charge in [0.15, 0.2) is 0 Å². The highest BCUT2D eigenvalue weighted by atomic mass is 16.6. The standard InChI is InChI=1S/C56H66N8O6/c1-9-61(53(67)69-55(3,4)5)47(41-19-13-11-14-20-41)51(65)63-33-17-23-45(63)49-57-35-43(59-49)39-29-25-37(26-30-39)38-27-31-40(32-28-38)44-36-58-50(60-44)46-24-18-34-64(46)52(66)48(42-21-15-12-16-22-42)62(10-2)54(68)70-56(6,7)8/h11-16,19-22,25-32,35-36,45-48H,9-10,17-18,23-24,33-34H2,1-8H3,(H,57,59)(H,58,60)/t45-,46?,47+,48+/m0/s1. The average molecular weight is 947 g/mol. The van der Waals surface area contributed by atoms with E-state index in [9.17, 15) is 19.2 Å². The summed E-state index contributed by atoms with van der Waals surface area (Å²) in [7, 11) is 0. The minimum absolute atomic E-state index is 0.163. The molecule has 2 fully saturated rings. The molecule has 14 nitrogen and oxygen atoms in total. The van der Waals surface area contributed by atoms with Crippen molar-refractivity contribution in [3.8, 4) is 33.6 Å². The fourth-order valence-electron chi connectivity index (χ4n) is 9.59. The first-order valence-corrected chi connectivity index (χ1v) is 24.5. The number of nitrogens with zero attached hydrogens (tertiary/aromatic N) is 6. The zero-order chi connectivity index (χ0) is 49.7. The molecule has 0 aliphatic carbocycles. The van der Waals surface area contributed by atoms with Gasteiger partial charge < -0.3 is 29.2 Å². The number of carbonyl (C=O) groups is 4. The van der Waals surface area contributed by atoms with E-state index in [1.807, 2.05) is 138 Å². The first kappa shape index (κ1) is 49.2. The molecule has 70 heavy (non-hydrogen) atoms. The van der Waals surface area contributed by atoms with E-state index in [-0.39, 0.29) is 23.9 Å². The number of rotatable bonds is 13. The molecule has 2 aliphatic rings. The van der Waals surface area contributed by atoms with Gasteiger partial charge in [-0.05, 0) is 114 Å². The number of imidazole rings is 2. The van der Waals surface area contributed by atoms with Crippen molar-refractivity contribution < 1.29 is 28.7 Å². The van der Waals surface area contributed by atoms with E-state index in [1.165, 1.54) is 9.80 Å². The molecule has 0 bridgehead atoms. The topological polar surface area (TPSA) is 157 Å². The Bertz CT molecular complexity index is 2550. The van der Waals surface area contributed by atoms with Crippen molar-refractivity contribution in [2.24, 2.45) is 0 Å². The zero-order valence-electron chi connectivity index (χ0n) is 41.6. The SMILES string of the molecule is CCN(C(=O)OC(C)(C)C)[C@@H](C(=O)N1CCCC1c1ncc(-c2ccc(-c3ccc(-c4cnc([C@@H]5CCCN5C(=O)[C@@H](c5ccccc5)N(CC)C(=O)OC(C)(C)C)[nH]4)cc3)cc2)[nH]1)c1ccccc1. The molecule has 366 valence electrons. The molecule has 1 unspecified atom stereocenters. The van der Waals surface area contributed by atoms with Gasteiger partial charge in [-0.1, -0.05) is 109 Å². The second kappa shape index (κ2) is 20.8. The van der Waals surface area contributed by atoms with Crippen molar-refractivity contribution in [2.75, 3.05) is 26.2 Å². The number of nitrogens with one attached hydrogen (secondary N) is 2. The van der Waals surface area contributed by atoms with Crippen molar-refractivity contribution in [1.29, 1.82) is 0 Å². The number of benzene rings is 4. The summed E-state index contributed by atoms with van der Waals surface area (Å²) in [6.07, 6.45) is 5.70.